The summed E-state index contributed by atoms with van der Waals surface area (Å²) in [7, 11) is 2.06. The van der Waals surface area contributed by atoms with Crippen LogP contribution in [0.4, 0.5) is 0 Å². The monoisotopic (exact) mass is 266 g/mol. The quantitative estimate of drug-likeness (QED) is 0.822. The molecule has 1 aliphatic heterocycles. The molecule has 1 saturated heterocycles. The van der Waals surface area contributed by atoms with E-state index in [1.165, 1.54) is 0 Å². The zero-order valence-electron chi connectivity index (χ0n) is 8.40. The lowest BCUT2D eigenvalue weighted by atomic mass is 10.2. The Bertz CT molecular complexity index is 408. The molecule has 0 aliphatic carbocycles. The van der Waals surface area contributed by atoms with Crippen LogP contribution < -0.4 is 4.74 Å². The molecule has 1 heterocycles. The average molecular weight is 267 g/mol. The van der Waals surface area contributed by atoms with E-state index in [2.05, 4.69) is 33.9 Å². The van der Waals surface area contributed by atoms with Crippen LogP contribution in [0.3, 0.4) is 0 Å². The van der Waals surface area contributed by atoms with E-state index in [1.54, 1.807) is 12.1 Å². The summed E-state index contributed by atoms with van der Waals surface area (Å²) in [5.41, 5.74) is 0.639. The molecule has 0 unspecified atom stereocenters. The Morgan fingerprint density at radius 2 is 2.27 bits per heavy atom. The number of hydrogen-bond acceptors (Lipinski definition) is 3. The molecule has 78 valence electrons. The van der Waals surface area contributed by atoms with E-state index >= 15 is 0 Å². The van der Waals surface area contributed by atoms with E-state index in [4.69, 9.17) is 10.00 Å². The van der Waals surface area contributed by atoms with Crippen molar-refractivity contribution in [2.24, 2.45) is 0 Å². The Morgan fingerprint density at radius 1 is 1.53 bits per heavy atom. The van der Waals surface area contributed by atoms with E-state index in [0.717, 1.165) is 23.3 Å². The molecule has 1 aromatic rings. The zero-order chi connectivity index (χ0) is 10.8. The molecule has 2 rings (SSSR count). The van der Waals surface area contributed by atoms with Crippen LogP contribution in [0.15, 0.2) is 22.7 Å². The van der Waals surface area contributed by atoms with Gasteiger partial charge in [-0.05, 0) is 41.2 Å². The molecule has 0 saturated carbocycles. The fraction of sp³-hybridized carbons (Fsp3) is 0.364. The van der Waals surface area contributed by atoms with Crippen LogP contribution in [0.5, 0.6) is 5.75 Å². The first-order chi connectivity index (χ1) is 7.19. The van der Waals surface area contributed by atoms with Crippen LogP contribution in [0.1, 0.15) is 5.56 Å². The van der Waals surface area contributed by atoms with Crippen molar-refractivity contribution in [1.82, 2.24) is 4.90 Å². The Hall–Kier alpha value is -1.05. The molecule has 1 fully saturated rings. The highest BCUT2D eigenvalue weighted by Gasteiger charge is 2.25. The van der Waals surface area contributed by atoms with Crippen LogP contribution >= 0.6 is 15.9 Å². The summed E-state index contributed by atoms with van der Waals surface area (Å²) in [5, 5.41) is 8.71. The molecule has 0 radical (unpaired) electrons. The van der Waals surface area contributed by atoms with Gasteiger partial charge in [-0.3, -0.25) is 4.90 Å². The molecule has 4 heteroatoms. The van der Waals surface area contributed by atoms with Crippen molar-refractivity contribution in [3.8, 4) is 11.8 Å². The van der Waals surface area contributed by atoms with Gasteiger partial charge in [-0.25, -0.2) is 0 Å². The van der Waals surface area contributed by atoms with E-state index in [0.29, 0.717) is 5.56 Å². The minimum absolute atomic E-state index is 0.277. The van der Waals surface area contributed by atoms with Crippen molar-refractivity contribution in [3.63, 3.8) is 0 Å². The van der Waals surface area contributed by atoms with Gasteiger partial charge in [0, 0.05) is 13.1 Å². The molecule has 0 N–H and O–H groups in total. The van der Waals surface area contributed by atoms with Gasteiger partial charge >= 0.3 is 0 Å². The average Bonchev–Trinajstić information content (AvgIpc) is 2.18. The minimum Gasteiger partial charge on any atom is -0.487 e. The molecule has 3 nitrogen and oxygen atoms in total. The smallest absolute Gasteiger partial charge is 0.134 e. The molecular weight excluding hydrogens is 256 g/mol. The molecule has 0 atom stereocenters. The maximum Gasteiger partial charge on any atom is 0.134 e. The first kappa shape index (κ1) is 10.5. The van der Waals surface area contributed by atoms with Gasteiger partial charge in [0.2, 0.25) is 0 Å². The van der Waals surface area contributed by atoms with E-state index in [9.17, 15) is 0 Å². The Kier molecular flexibility index (Phi) is 2.94. The lowest BCUT2D eigenvalue weighted by Gasteiger charge is -2.36. The van der Waals surface area contributed by atoms with Gasteiger partial charge in [0.25, 0.3) is 0 Å². The third kappa shape index (κ3) is 2.31. The van der Waals surface area contributed by atoms with Crippen LogP contribution in [0.2, 0.25) is 0 Å². The number of likely N-dealkylation sites (N-methyl/N-ethyl adjacent to an activating group) is 1. The number of hydrogen-bond donors (Lipinski definition) is 0. The van der Waals surface area contributed by atoms with E-state index in [-0.39, 0.29) is 6.10 Å². The number of ether oxygens (including phenoxy) is 1. The zero-order valence-corrected chi connectivity index (χ0v) is 9.99. The number of nitriles is 1. The van der Waals surface area contributed by atoms with Gasteiger partial charge in [-0.15, -0.1) is 0 Å². The van der Waals surface area contributed by atoms with Crippen molar-refractivity contribution in [3.05, 3.63) is 28.2 Å². The molecular formula is C11H11BrN2O. The minimum atomic E-state index is 0.277. The summed E-state index contributed by atoms with van der Waals surface area (Å²) >= 11 is 3.40. The maximum absolute atomic E-state index is 8.71. The Balaban J connectivity index is 2.06. The summed E-state index contributed by atoms with van der Waals surface area (Å²) in [6, 6.07) is 7.47. The fourth-order valence-corrected chi connectivity index (χ4v) is 2.03. The highest BCUT2D eigenvalue weighted by Crippen LogP contribution is 2.28. The van der Waals surface area contributed by atoms with Crippen molar-refractivity contribution >= 4 is 15.9 Å². The van der Waals surface area contributed by atoms with Gasteiger partial charge in [0.05, 0.1) is 16.1 Å². The molecule has 0 amide bonds. The Morgan fingerprint density at radius 3 is 2.80 bits per heavy atom. The molecule has 1 aromatic carbocycles. The SMILES string of the molecule is CN1CC(Oc2ccc(C#N)cc2Br)C1. The summed E-state index contributed by atoms with van der Waals surface area (Å²) in [5.74, 6) is 0.812. The van der Waals surface area contributed by atoms with Crippen LogP contribution in [0.25, 0.3) is 0 Å². The lowest BCUT2D eigenvalue weighted by molar-refractivity contribution is 0.0383. The summed E-state index contributed by atoms with van der Waals surface area (Å²) in [6.45, 7) is 1.93. The molecule has 15 heavy (non-hydrogen) atoms. The van der Waals surface area contributed by atoms with Crippen LogP contribution in [-0.2, 0) is 0 Å². The number of halogens is 1. The van der Waals surface area contributed by atoms with Gasteiger partial charge in [-0.1, -0.05) is 0 Å². The Labute approximate surface area is 97.4 Å². The normalized spacial score (nSPS) is 16.9. The predicted molar refractivity (Wildman–Crippen MR) is 60.8 cm³/mol. The third-order valence-corrected chi connectivity index (χ3v) is 3.00. The predicted octanol–water partition coefficient (Wildman–Crippen LogP) is 2.01. The first-order valence-corrected chi connectivity index (χ1v) is 5.53. The summed E-state index contributed by atoms with van der Waals surface area (Å²) < 4.78 is 6.60. The molecule has 0 spiro atoms. The van der Waals surface area contributed by atoms with E-state index < -0.39 is 0 Å². The van der Waals surface area contributed by atoms with Gasteiger partial charge < -0.3 is 4.74 Å². The largest absolute Gasteiger partial charge is 0.487 e. The second kappa shape index (κ2) is 4.21. The van der Waals surface area contributed by atoms with E-state index in [1.807, 2.05) is 6.07 Å². The van der Waals surface area contributed by atoms with Crippen molar-refractivity contribution in [2.75, 3.05) is 20.1 Å². The van der Waals surface area contributed by atoms with Crippen molar-refractivity contribution < 1.29 is 4.74 Å². The highest BCUT2D eigenvalue weighted by molar-refractivity contribution is 9.10. The fourth-order valence-electron chi connectivity index (χ4n) is 1.56. The third-order valence-electron chi connectivity index (χ3n) is 2.39. The summed E-state index contributed by atoms with van der Waals surface area (Å²) in [6.07, 6.45) is 0.277. The second-order valence-corrected chi connectivity index (χ2v) is 4.57. The highest BCUT2D eigenvalue weighted by atomic mass is 79.9. The maximum atomic E-state index is 8.71. The van der Waals surface area contributed by atoms with Gasteiger partial charge in [0.1, 0.15) is 11.9 Å². The topological polar surface area (TPSA) is 36.3 Å². The van der Waals surface area contributed by atoms with Gasteiger partial charge in [-0.2, -0.15) is 5.26 Å². The van der Waals surface area contributed by atoms with Crippen molar-refractivity contribution in [1.29, 1.82) is 5.26 Å². The summed E-state index contributed by atoms with van der Waals surface area (Å²) in [4.78, 5) is 2.20. The molecule has 0 aromatic heterocycles. The first-order valence-electron chi connectivity index (χ1n) is 4.74. The number of likely N-dealkylation sites (tertiary alicyclic amines) is 1. The number of rotatable bonds is 2. The van der Waals surface area contributed by atoms with Crippen LogP contribution in [-0.4, -0.2) is 31.1 Å². The molecule has 0 bridgehead atoms. The van der Waals surface area contributed by atoms with Crippen molar-refractivity contribution in [2.45, 2.75) is 6.10 Å². The van der Waals surface area contributed by atoms with Gasteiger partial charge in [0.15, 0.2) is 0 Å². The van der Waals surface area contributed by atoms with Crippen LogP contribution in [0, 0.1) is 11.3 Å². The number of benzene rings is 1. The standard InChI is InChI=1S/C11H11BrN2O/c1-14-6-9(7-14)15-11-3-2-8(5-13)4-10(11)12/h2-4,9H,6-7H2,1H3. The lowest BCUT2D eigenvalue weighted by Crippen LogP contribution is -2.51. The number of nitrogens with zero attached hydrogens (tertiary/aromatic N) is 2. The molecule has 1 aliphatic rings. The second-order valence-electron chi connectivity index (χ2n) is 3.72.